The van der Waals surface area contributed by atoms with Gasteiger partial charge in [-0.05, 0) is 110 Å². The summed E-state index contributed by atoms with van der Waals surface area (Å²) in [4.78, 5) is 2.71. The third-order valence-electron chi connectivity index (χ3n) is 14.3. The van der Waals surface area contributed by atoms with Gasteiger partial charge in [-0.1, -0.05) is 120 Å². The summed E-state index contributed by atoms with van der Waals surface area (Å²) in [5, 5.41) is 8.00. The molecule has 0 fully saturated rings. The molecule has 0 N–H and O–H groups in total. The molecule has 14 rings (SSSR count). The smallest absolute Gasteiger partial charge is 0.333 e. The maximum absolute atomic E-state index is 2.71. The maximum Gasteiger partial charge on any atom is 0.333 e. The molecule has 1 aliphatic carbocycles. The van der Waals surface area contributed by atoms with Crippen LogP contribution in [-0.4, -0.2) is 11.4 Å². The first-order valence-electron chi connectivity index (χ1n) is 21.2. The van der Waals surface area contributed by atoms with Crippen molar-refractivity contribution in [3.63, 3.8) is 0 Å². The number of hydrogen-bond acceptors (Lipinski definition) is 3. The predicted molar refractivity (Wildman–Crippen MR) is 262 cm³/mol. The Balaban J connectivity index is 1.16. The highest BCUT2D eigenvalue weighted by Crippen LogP contribution is 2.55. The fourth-order valence-electron chi connectivity index (χ4n) is 11.4. The van der Waals surface area contributed by atoms with E-state index in [1.165, 1.54) is 129 Å². The number of benzene rings is 8. The summed E-state index contributed by atoms with van der Waals surface area (Å²) < 4.78 is 8.02. The second-order valence-corrected chi connectivity index (χ2v) is 21.1. The van der Waals surface area contributed by atoms with Gasteiger partial charge in [-0.25, -0.2) is 0 Å². The Labute approximate surface area is 357 Å². The van der Waals surface area contributed by atoms with E-state index < -0.39 is 0 Å². The van der Waals surface area contributed by atoms with Gasteiger partial charge in [0.25, 0.3) is 0 Å². The average molecular weight is 803 g/mol. The fraction of sp³-hybridized carbons (Fsp3) is 0.127. The molecule has 3 aromatic heterocycles. The lowest BCUT2D eigenvalue weighted by Crippen LogP contribution is -2.60. The van der Waals surface area contributed by atoms with Gasteiger partial charge in [0, 0.05) is 79.2 Å². The van der Waals surface area contributed by atoms with Crippen molar-refractivity contribution in [2.75, 3.05) is 4.81 Å². The van der Waals surface area contributed by atoms with Crippen molar-refractivity contribution in [2.45, 2.75) is 45.4 Å². The first-order valence-corrected chi connectivity index (χ1v) is 22.8. The van der Waals surface area contributed by atoms with Gasteiger partial charge in [0.1, 0.15) is 0 Å². The largest absolute Gasteiger partial charge is 0.376 e. The number of anilines is 2. The van der Waals surface area contributed by atoms with Crippen molar-refractivity contribution >= 4 is 114 Å². The maximum atomic E-state index is 2.71. The van der Waals surface area contributed by atoms with E-state index in [0.29, 0.717) is 0 Å². The molecule has 0 saturated heterocycles. The Hall–Kier alpha value is -6.14. The molecule has 5 heterocycles. The molecule has 0 amide bonds. The van der Waals surface area contributed by atoms with Crippen LogP contribution in [-0.2, 0) is 10.8 Å². The number of rotatable bonds is 1. The molecule has 60 heavy (non-hydrogen) atoms. The van der Waals surface area contributed by atoms with Crippen LogP contribution in [0.1, 0.15) is 51.3 Å². The van der Waals surface area contributed by atoms with E-state index in [-0.39, 0.29) is 17.7 Å². The first-order chi connectivity index (χ1) is 29.1. The highest BCUT2D eigenvalue weighted by atomic mass is 32.1. The summed E-state index contributed by atoms with van der Waals surface area (Å²) in [6.07, 6.45) is 0. The molecule has 11 aromatic rings. The van der Waals surface area contributed by atoms with E-state index in [1.54, 1.807) is 0 Å². The number of aromatic nitrogens is 1. The third kappa shape index (κ3) is 4.15. The van der Waals surface area contributed by atoms with Crippen molar-refractivity contribution in [1.29, 1.82) is 0 Å². The van der Waals surface area contributed by atoms with Crippen LogP contribution in [0.5, 0.6) is 0 Å². The summed E-state index contributed by atoms with van der Waals surface area (Å²) in [6, 6.07) is 56.6. The van der Waals surface area contributed by atoms with Crippen LogP contribution >= 0.6 is 22.7 Å². The molecule has 3 aliphatic rings. The second kappa shape index (κ2) is 11.2. The number of thiophene rings is 2. The zero-order valence-electron chi connectivity index (χ0n) is 34.1. The monoisotopic (exact) mass is 802 g/mol. The van der Waals surface area contributed by atoms with Gasteiger partial charge < -0.3 is 9.38 Å². The van der Waals surface area contributed by atoms with Crippen LogP contribution < -0.4 is 15.7 Å². The highest BCUT2D eigenvalue weighted by Gasteiger charge is 2.46. The molecule has 0 unspecified atom stereocenters. The lowest BCUT2D eigenvalue weighted by atomic mass is 9.44. The minimum Gasteiger partial charge on any atom is -0.376 e. The molecule has 284 valence electrons. The SMILES string of the molecule is CC(C)(C)c1ccc(N2B3c4cc5sc6ccccc6c5cc4-n4c5cc6sc7ccccc7c6cc5c5ccc(c3c54)-c3cc4c(cc32)-c2ccccc2C4(C)C)cc1. The Morgan fingerprint density at radius 3 is 1.93 bits per heavy atom. The van der Waals surface area contributed by atoms with E-state index in [2.05, 4.69) is 190 Å². The van der Waals surface area contributed by atoms with Gasteiger partial charge in [-0.15, -0.1) is 22.7 Å². The predicted octanol–water partition coefficient (Wildman–Crippen LogP) is 14.4. The molecule has 0 bridgehead atoms. The summed E-state index contributed by atoms with van der Waals surface area (Å²) in [6.45, 7) is 11.7. The van der Waals surface area contributed by atoms with Gasteiger partial charge in [-0.3, -0.25) is 0 Å². The molecule has 2 aliphatic heterocycles. The summed E-state index contributed by atoms with van der Waals surface area (Å²) in [7, 11) is 0. The number of fused-ring (bicyclic) bond motifs is 17. The Morgan fingerprint density at radius 2 is 1.18 bits per heavy atom. The zero-order valence-corrected chi connectivity index (χ0v) is 35.8. The van der Waals surface area contributed by atoms with Crippen molar-refractivity contribution in [3.05, 3.63) is 162 Å². The normalized spacial score (nSPS) is 14.8. The van der Waals surface area contributed by atoms with E-state index in [9.17, 15) is 0 Å². The van der Waals surface area contributed by atoms with Crippen LogP contribution in [0.25, 0.3) is 90.1 Å². The molecule has 0 radical (unpaired) electrons. The first kappa shape index (κ1) is 33.7. The van der Waals surface area contributed by atoms with Crippen LogP contribution in [0.15, 0.2) is 146 Å². The van der Waals surface area contributed by atoms with Crippen LogP contribution in [0, 0.1) is 0 Å². The third-order valence-corrected chi connectivity index (χ3v) is 16.6. The van der Waals surface area contributed by atoms with E-state index in [1.807, 2.05) is 22.7 Å². The van der Waals surface area contributed by atoms with Crippen LogP contribution in [0.2, 0.25) is 0 Å². The minimum absolute atomic E-state index is 0.0391. The van der Waals surface area contributed by atoms with E-state index in [0.717, 1.165) is 0 Å². The molecular weight excluding hydrogens is 764 g/mol. The summed E-state index contributed by atoms with van der Waals surface area (Å²) >= 11 is 3.83. The second-order valence-electron chi connectivity index (χ2n) is 18.9. The van der Waals surface area contributed by atoms with Gasteiger partial charge in [0.05, 0.1) is 11.0 Å². The van der Waals surface area contributed by atoms with Gasteiger partial charge in [0.15, 0.2) is 0 Å². The molecule has 2 nitrogen and oxygen atoms in total. The molecule has 0 spiro atoms. The summed E-state index contributed by atoms with van der Waals surface area (Å²) in [5.74, 6) is 0. The quantitative estimate of drug-likeness (QED) is 0.150. The highest BCUT2D eigenvalue weighted by molar-refractivity contribution is 7.26. The Bertz CT molecular complexity index is 3740. The summed E-state index contributed by atoms with van der Waals surface area (Å²) in [5.41, 5.74) is 18.7. The molecule has 8 aromatic carbocycles. The van der Waals surface area contributed by atoms with Crippen molar-refractivity contribution in [2.24, 2.45) is 0 Å². The zero-order chi connectivity index (χ0) is 40.0. The van der Waals surface area contributed by atoms with Crippen molar-refractivity contribution < 1.29 is 0 Å². The van der Waals surface area contributed by atoms with Gasteiger partial charge >= 0.3 is 6.85 Å². The molecule has 0 saturated carbocycles. The Morgan fingerprint density at radius 1 is 0.500 bits per heavy atom. The average Bonchev–Trinajstić information content (AvgIpc) is 3.97. The molecular formula is C55H39BN2S2. The topological polar surface area (TPSA) is 8.17 Å². The van der Waals surface area contributed by atoms with Gasteiger partial charge in [-0.2, -0.15) is 0 Å². The van der Waals surface area contributed by atoms with Gasteiger partial charge in [0.2, 0.25) is 0 Å². The Kier molecular flexibility index (Phi) is 6.26. The molecule has 5 heteroatoms. The number of nitrogens with zero attached hydrogens (tertiary/aromatic N) is 2. The molecule has 0 atom stereocenters. The van der Waals surface area contributed by atoms with Crippen molar-refractivity contribution in [3.8, 4) is 27.9 Å². The lowest BCUT2D eigenvalue weighted by molar-refractivity contribution is 0.590. The standard InChI is InChI=1S/C55H39BN2S2/c1-54(2,3)30-18-20-31(21-19-30)58-46-26-37-32-12-6-9-15-42(32)55(4,5)43(37)25-39(46)35-22-23-36-38-24-40-33-13-7-10-16-48(33)60-51(40)29-45(38)57-47-27-41-34-14-8-11-17-49(34)59-50(41)28-44(47)56(58)52(35)53(36)57/h6-29H,1-5H3. The fourth-order valence-corrected chi connectivity index (χ4v) is 13.7. The minimum atomic E-state index is -0.110. The van der Waals surface area contributed by atoms with Crippen LogP contribution in [0.3, 0.4) is 0 Å². The van der Waals surface area contributed by atoms with E-state index >= 15 is 0 Å². The van der Waals surface area contributed by atoms with E-state index in [4.69, 9.17) is 0 Å². The number of hydrogen-bond donors (Lipinski definition) is 0. The van der Waals surface area contributed by atoms with Crippen LogP contribution in [0.4, 0.5) is 11.4 Å². The van der Waals surface area contributed by atoms with Crippen molar-refractivity contribution in [1.82, 2.24) is 4.57 Å². The lowest BCUT2D eigenvalue weighted by Gasteiger charge is -2.42.